The fourth-order valence-electron chi connectivity index (χ4n) is 3.75. The Kier molecular flexibility index (Phi) is 4.61. The largest absolute Gasteiger partial charge is 0.365 e. The van der Waals surface area contributed by atoms with Gasteiger partial charge in [-0.25, -0.2) is 0 Å². The molecule has 3 aromatic carbocycles. The minimum absolute atomic E-state index is 0.480. The molecule has 138 valence electrons. The molecule has 4 rings (SSSR count). The molecule has 1 unspecified atom stereocenters. The minimum Gasteiger partial charge on any atom is -0.365 e. The Labute approximate surface area is 161 Å². The van der Waals surface area contributed by atoms with E-state index in [9.17, 15) is 0 Å². The summed E-state index contributed by atoms with van der Waals surface area (Å²) in [5.41, 5.74) is 1.88. The highest BCUT2D eigenvalue weighted by molar-refractivity contribution is 6.02. The van der Waals surface area contributed by atoms with E-state index < -0.39 is 5.72 Å². The zero-order chi connectivity index (χ0) is 18.9. The molecule has 0 aliphatic carbocycles. The summed E-state index contributed by atoms with van der Waals surface area (Å²) in [6, 6.07) is 25.4. The van der Waals surface area contributed by atoms with Crippen molar-refractivity contribution >= 4 is 16.6 Å². The van der Waals surface area contributed by atoms with Gasteiger partial charge in [-0.15, -0.1) is 0 Å². The molecule has 1 atom stereocenters. The smallest absolute Gasteiger partial charge is 0.212 e. The molecule has 3 aromatic rings. The summed E-state index contributed by atoms with van der Waals surface area (Å²) in [7, 11) is 0. The molecule has 0 N–H and O–H groups in total. The Bertz CT molecular complexity index is 964. The highest BCUT2D eigenvalue weighted by Crippen LogP contribution is 2.32. The zero-order valence-electron chi connectivity index (χ0n) is 16.2. The average Bonchev–Trinajstić information content (AvgIpc) is 2.98. The molecule has 0 aromatic heterocycles. The van der Waals surface area contributed by atoms with Crippen LogP contribution >= 0.6 is 0 Å². The number of oxime groups is 1. The fraction of sp³-hybridized carbons (Fsp3) is 0.292. The standard InChI is InChI=1S/C24H26N2O/c1-18(2)17-26-23(22-14-13-20-11-7-8-12-21(20)15-22)25-27-24(26,3)16-19-9-5-4-6-10-19/h4-15,18H,16-17H2,1-3H3. The Morgan fingerprint density at radius 2 is 1.63 bits per heavy atom. The maximum atomic E-state index is 6.05. The monoisotopic (exact) mass is 358 g/mol. The molecule has 3 heteroatoms. The van der Waals surface area contributed by atoms with Gasteiger partial charge in [0.25, 0.3) is 0 Å². The van der Waals surface area contributed by atoms with Crippen LogP contribution in [-0.4, -0.2) is 23.0 Å². The van der Waals surface area contributed by atoms with E-state index in [-0.39, 0.29) is 0 Å². The lowest BCUT2D eigenvalue weighted by Gasteiger charge is -2.36. The van der Waals surface area contributed by atoms with Gasteiger partial charge in [-0.2, -0.15) is 0 Å². The Balaban J connectivity index is 1.69. The average molecular weight is 358 g/mol. The van der Waals surface area contributed by atoms with Crippen LogP contribution in [0.4, 0.5) is 0 Å². The maximum Gasteiger partial charge on any atom is 0.212 e. The summed E-state index contributed by atoms with van der Waals surface area (Å²) >= 11 is 0. The molecule has 0 bridgehead atoms. The molecular formula is C24H26N2O. The van der Waals surface area contributed by atoms with E-state index in [2.05, 4.69) is 97.6 Å². The van der Waals surface area contributed by atoms with Crippen LogP contribution in [0.25, 0.3) is 10.8 Å². The summed E-state index contributed by atoms with van der Waals surface area (Å²) in [5.74, 6) is 1.43. The first-order valence-corrected chi connectivity index (χ1v) is 9.62. The van der Waals surface area contributed by atoms with Gasteiger partial charge in [-0.1, -0.05) is 85.7 Å². The second kappa shape index (κ2) is 7.07. The zero-order valence-corrected chi connectivity index (χ0v) is 16.2. The molecule has 1 heterocycles. The van der Waals surface area contributed by atoms with Gasteiger partial charge in [0.1, 0.15) is 0 Å². The number of nitrogens with zero attached hydrogens (tertiary/aromatic N) is 2. The van der Waals surface area contributed by atoms with E-state index in [1.807, 2.05) is 6.07 Å². The van der Waals surface area contributed by atoms with Crippen molar-refractivity contribution in [2.75, 3.05) is 6.54 Å². The third-order valence-corrected chi connectivity index (χ3v) is 5.09. The van der Waals surface area contributed by atoms with E-state index in [0.29, 0.717) is 5.92 Å². The van der Waals surface area contributed by atoms with E-state index in [1.165, 1.54) is 16.3 Å². The minimum atomic E-state index is -0.480. The second-order valence-corrected chi connectivity index (χ2v) is 7.91. The van der Waals surface area contributed by atoms with Gasteiger partial charge in [0.15, 0.2) is 5.84 Å². The first-order chi connectivity index (χ1) is 13.0. The van der Waals surface area contributed by atoms with Crippen molar-refractivity contribution in [2.24, 2.45) is 11.1 Å². The molecule has 0 amide bonds. The van der Waals surface area contributed by atoms with Crippen molar-refractivity contribution in [3.63, 3.8) is 0 Å². The molecular weight excluding hydrogens is 332 g/mol. The maximum absolute atomic E-state index is 6.05. The lowest BCUT2D eigenvalue weighted by Crippen LogP contribution is -2.49. The summed E-state index contributed by atoms with van der Waals surface area (Å²) in [6.45, 7) is 7.51. The summed E-state index contributed by atoms with van der Waals surface area (Å²) in [4.78, 5) is 8.38. The second-order valence-electron chi connectivity index (χ2n) is 7.91. The van der Waals surface area contributed by atoms with Crippen LogP contribution in [0.15, 0.2) is 78.0 Å². The van der Waals surface area contributed by atoms with Crippen LogP contribution in [-0.2, 0) is 11.3 Å². The van der Waals surface area contributed by atoms with Crippen LogP contribution in [0.5, 0.6) is 0 Å². The van der Waals surface area contributed by atoms with Crippen molar-refractivity contribution in [3.8, 4) is 0 Å². The molecule has 0 fully saturated rings. The van der Waals surface area contributed by atoms with Crippen molar-refractivity contribution < 1.29 is 4.84 Å². The van der Waals surface area contributed by atoms with Gasteiger partial charge in [0.05, 0.1) is 0 Å². The third kappa shape index (κ3) is 3.55. The molecule has 27 heavy (non-hydrogen) atoms. The molecule has 0 spiro atoms. The Morgan fingerprint density at radius 1 is 0.926 bits per heavy atom. The number of fused-ring (bicyclic) bond motifs is 1. The lowest BCUT2D eigenvalue weighted by molar-refractivity contribution is -0.0859. The highest BCUT2D eigenvalue weighted by Gasteiger charge is 2.42. The van der Waals surface area contributed by atoms with Crippen molar-refractivity contribution in [1.82, 2.24) is 4.90 Å². The van der Waals surface area contributed by atoms with E-state index >= 15 is 0 Å². The number of rotatable bonds is 5. The number of hydrogen-bond donors (Lipinski definition) is 0. The van der Waals surface area contributed by atoms with Crippen LogP contribution in [0.2, 0.25) is 0 Å². The predicted octanol–water partition coefficient (Wildman–Crippen LogP) is 5.45. The SMILES string of the molecule is CC(C)CN1C(c2ccc3ccccc3c2)=NOC1(C)Cc1ccccc1. The first-order valence-electron chi connectivity index (χ1n) is 9.62. The van der Waals surface area contributed by atoms with Crippen LogP contribution in [0.1, 0.15) is 31.9 Å². The van der Waals surface area contributed by atoms with Crippen molar-refractivity contribution in [3.05, 3.63) is 83.9 Å². The van der Waals surface area contributed by atoms with Gasteiger partial charge in [-0.05, 0) is 35.2 Å². The fourth-order valence-corrected chi connectivity index (χ4v) is 3.75. The summed E-state index contributed by atoms with van der Waals surface area (Å²) in [5, 5.41) is 7.00. The number of hydrogen-bond acceptors (Lipinski definition) is 3. The number of benzene rings is 3. The number of amidine groups is 1. The van der Waals surface area contributed by atoms with Crippen LogP contribution < -0.4 is 0 Å². The predicted molar refractivity (Wildman–Crippen MR) is 112 cm³/mol. The molecule has 1 aliphatic rings. The van der Waals surface area contributed by atoms with Gasteiger partial charge < -0.3 is 9.74 Å². The third-order valence-electron chi connectivity index (χ3n) is 5.09. The molecule has 0 saturated heterocycles. The van der Waals surface area contributed by atoms with Crippen molar-refractivity contribution in [2.45, 2.75) is 32.9 Å². The van der Waals surface area contributed by atoms with Gasteiger partial charge in [0, 0.05) is 18.5 Å². The Morgan fingerprint density at radius 3 is 2.37 bits per heavy atom. The highest BCUT2D eigenvalue weighted by atomic mass is 16.7. The van der Waals surface area contributed by atoms with Gasteiger partial charge in [0.2, 0.25) is 5.72 Å². The normalized spacial score (nSPS) is 19.4. The summed E-state index contributed by atoms with van der Waals surface area (Å²) < 4.78 is 0. The van der Waals surface area contributed by atoms with Crippen LogP contribution in [0, 0.1) is 5.92 Å². The molecule has 0 saturated carbocycles. The molecule has 0 radical (unpaired) electrons. The Hall–Kier alpha value is -2.81. The van der Waals surface area contributed by atoms with Crippen molar-refractivity contribution in [1.29, 1.82) is 0 Å². The molecule has 3 nitrogen and oxygen atoms in total. The molecule has 1 aliphatic heterocycles. The lowest BCUT2D eigenvalue weighted by atomic mass is 9.99. The summed E-state index contributed by atoms with van der Waals surface area (Å²) in [6.07, 6.45) is 0.793. The quantitative estimate of drug-likeness (QED) is 0.606. The van der Waals surface area contributed by atoms with Crippen LogP contribution in [0.3, 0.4) is 0 Å². The van der Waals surface area contributed by atoms with Gasteiger partial charge in [-0.3, -0.25) is 0 Å². The first kappa shape index (κ1) is 17.6. The topological polar surface area (TPSA) is 24.8 Å². The van der Waals surface area contributed by atoms with E-state index in [0.717, 1.165) is 24.4 Å². The van der Waals surface area contributed by atoms with Gasteiger partial charge >= 0.3 is 0 Å². The van der Waals surface area contributed by atoms with E-state index in [1.54, 1.807) is 0 Å². The van der Waals surface area contributed by atoms with E-state index in [4.69, 9.17) is 4.84 Å².